The second kappa shape index (κ2) is 9.21. The van der Waals surface area contributed by atoms with E-state index in [9.17, 15) is 28.5 Å². The van der Waals surface area contributed by atoms with Gasteiger partial charge in [0, 0.05) is 12.6 Å². The highest BCUT2D eigenvalue weighted by molar-refractivity contribution is 7.66. The predicted octanol–water partition coefficient (Wildman–Crippen LogP) is -1.01. The Morgan fingerprint density at radius 3 is 2.48 bits per heavy atom. The molecule has 174 valence electrons. The van der Waals surface area contributed by atoms with E-state index in [0.717, 1.165) is 4.57 Å². The van der Waals surface area contributed by atoms with Gasteiger partial charge in [0.25, 0.3) is 0 Å². The van der Waals surface area contributed by atoms with E-state index in [2.05, 4.69) is 30.0 Å². The molecule has 16 nitrogen and oxygen atoms in total. The molecule has 1 aliphatic heterocycles. The first-order chi connectivity index (χ1) is 14.1. The first-order valence-corrected chi connectivity index (χ1v) is 12.5. The van der Waals surface area contributed by atoms with Crippen LogP contribution in [0.15, 0.2) is 17.1 Å². The van der Waals surface area contributed by atoms with Crippen molar-refractivity contribution in [3.8, 4) is 11.8 Å². The summed E-state index contributed by atoms with van der Waals surface area (Å²) in [5.74, 6) is 5.04. The zero-order chi connectivity index (χ0) is 23.7. The van der Waals surface area contributed by atoms with Crippen molar-refractivity contribution in [1.29, 1.82) is 0 Å². The highest BCUT2D eigenvalue weighted by Crippen LogP contribution is 2.66. The van der Waals surface area contributed by atoms with Crippen molar-refractivity contribution >= 4 is 29.3 Å². The molecule has 0 radical (unpaired) electrons. The Kier molecular flexibility index (Phi) is 7.67. The molecule has 0 aromatic carbocycles. The SMILES string of the molecule is CC#C[C@]1(n2ccc(N)nc2=O)C[C@H](O)[C@@H](COP(=O)(O)OP(=O)(O)OP(=O)(O)O)O1. The normalized spacial score (nSPS) is 27.7. The zero-order valence-corrected chi connectivity index (χ0v) is 18.2. The fourth-order valence-electron chi connectivity index (χ4n) is 2.59. The zero-order valence-electron chi connectivity index (χ0n) is 15.5. The number of anilines is 1. The van der Waals surface area contributed by atoms with E-state index in [1.807, 2.05) is 0 Å². The third-order valence-corrected chi connectivity index (χ3v) is 7.42. The number of nitrogen functional groups attached to an aromatic ring is 1. The first kappa shape index (κ1) is 25.8. The third-order valence-electron chi connectivity index (χ3n) is 3.61. The Morgan fingerprint density at radius 2 is 1.94 bits per heavy atom. The van der Waals surface area contributed by atoms with Gasteiger partial charge in [0.1, 0.15) is 11.9 Å². The molecule has 1 fully saturated rings. The minimum Gasteiger partial charge on any atom is -0.390 e. The summed E-state index contributed by atoms with van der Waals surface area (Å²) in [6.07, 6.45) is -1.89. The number of hydrogen-bond donors (Lipinski definition) is 6. The summed E-state index contributed by atoms with van der Waals surface area (Å²) in [5, 5.41) is 10.3. The van der Waals surface area contributed by atoms with E-state index in [0.29, 0.717) is 0 Å². The molecular weight excluding hydrogens is 487 g/mol. The highest BCUT2D eigenvalue weighted by Gasteiger charge is 2.49. The third kappa shape index (κ3) is 7.03. The summed E-state index contributed by atoms with van der Waals surface area (Å²) in [6.45, 7) is 0.502. The van der Waals surface area contributed by atoms with Crippen LogP contribution in [0.5, 0.6) is 0 Å². The van der Waals surface area contributed by atoms with Crippen molar-refractivity contribution in [2.24, 2.45) is 0 Å². The molecule has 2 heterocycles. The second-order valence-electron chi connectivity index (χ2n) is 5.98. The fourth-order valence-corrected chi connectivity index (χ4v) is 5.62. The van der Waals surface area contributed by atoms with Gasteiger partial charge in [-0.25, -0.2) is 18.5 Å². The van der Waals surface area contributed by atoms with Gasteiger partial charge in [0.05, 0.1) is 12.7 Å². The van der Waals surface area contributed by atoms with Crippen LogP contribution in [-0.2, 0) is 37.3 Å². The molecule has 2 rings (SSSR count). The van der Waals surface area contributed by atoms with Crippen molar-refractivity contribution in [3.63, 3.8) is 0 Å². The molecule has 0 saturated carbocycles. The molecule has 0 amide bonds. The van der Waals surface area contributed by atoms with Gasteiger partial charge >= 0.3 is 29.2 Å². The second-order valence-corrected chi connectivity index (χ2v) is 10.4. The lowest BCUT2D eigenvalue weighted by Crippen LogP contribution is -2.41. The number of nitrogens with two attached hydrogens (primary N) is 1. The quantitative estimate of drug-likeness (QED) is 0.183. The number of phosphoric ester groups is 1. The molecule has 31 heavy (non-hydrogen) atoms. The van der Waals surface area contributed by atoms with E-state index in [-0.39, 0.29) is 12.2 Å². The van der Waals surface area contributed by atoms with Crippen LogP contribution in [-0.4, -0.2) is 53.0 Å². The molecule has 1 saturated heterocycles. The molecule has 1 aromatic rings. The van der Waals surface area contributed by atoms with Gasteiger partial charge in [0.15, 0.2) is 0 Å². The smallest absolute Gasteiger partial charge is 0.390 e. The van der Waals surface area contributed by atoms with Gasteiger partial charge < -0.3 is 35.2 Å². The Hall–Kier alpha value is -1.43. The van der Waals surface area contributed by atoms with Crippen LogP contribution in [0.4, 0.5) is 5.82 Å². The van der Waals surface area contributed by atoms with Crippen LogP contribution in [0.1, 0.15) is 13.3 Å². The summed E-state index contributed by atoms with van der Waals surface area (Å²) in [6, 6.07) is 1.27. The number of aliphatic hydroxyl groups excluding tert-OH is 1. The topological polar surface area (TPSA) is 250 Å². The number of aromatic nitrogens is 2. The maximum Gasteiger partial charge on any atom is 0.490 e. The van der Waals surface area contributed by atoms with Crippen LogP contribution in [0.25, 0.3) is 0 Å². The minimum atomic E-state index is -5.70. The van der Waals surface area contributed by atoms with E-state index >= 15 is 0 Å². The summed E-state index contributed by atoms with van der Waals surface area (Å²) >= 11 is 0. The van der Waals surface area contributed by atoms with Crippen LogP contribution in [0.3, 0.4) is 0 Å². The molecule has 0 aliphatic carbocycles. The van der Waals surface area contributed by atoms with Crippen LogP contribution >= 0.6 is 23.5 Å². The lowest BCUT2D eigenvalue weighted by molar-refractivity contribution is -0.0824. The summed E-state index contributed by atoms with van der Waals surface area (Å²) < 4.78 is 51.9. The largest absolute Gasteiger partial charge is 0.490 e. The van der Waals surface area contributed by atoms with Gasteiger partial charge in [-0.05, 0) is 18.9 Å². The minimum absolute atomic E-state index is 0.0800. The molecule has 7 N–H and O–H groups in total. The van der Waals surface area contributed by atoms with Gasteiger partial charge in [-0.2, -0.15) is 13.6 Å². The molecule has 2 unspecified atom stereocenters. The van der Waals surface area contributed by atoms with Crippen molar-refractivity contribution in [2.45, 2.75) is 31.3 Å². The molecule has 0 spiro atoms. The van der Waals surface area contributed by atoms with Crippen LogP contribution in [0.2, 0.25) is 0 Å². The number of nitrogens with zero attached hydrogens (tertiary/aromatic N) is 2. The van der Waals surface area contributed by atoms with E-state index in [4.69, 9.17) is 25.2 Å². The van der Waals surface area contributed by atoms with E-state index < -0.39 is 53.7 Å². The van der Waals surface area contributed by atoms with E-state index in [1.165, 1.54) is 19.2 Å². The molecule has 19 heteroatoms. The number of rotatable bonds is 8. The summed E-state index contributed by atoms with van der Waals surface area (Å²) in [5.41, 5.74) is 2.84. The maximum atomic E-state index is 12.2. The number of ether oxygens (including phenoxy) is 1. The average Bonchev–Trinajstić information content (AvgIpc) is 2.86. The van der Waals surface area contributed by atoms with Crippen molar-refractivity contribution < 1.29 is 56.3 Å². The number of hydrogen-bond acceptors (Lipinski definition) is 11. The molecular formula is C12H18N3O13P3. The Bertz CT molecular complexity index is 1090. The lowest BCUT2D eigenvalue weighted by Gasteiger charge is -2.25. The first-order valence-electron chi connectivity index (χ1n) is 8.02. The maximum absolute atomic E-state index is 12.2. The van der Waals surface area contributed by atoms with Gasteiger partial charge in [-0.3, -0.25) is 9.09 Å². The average molecular weight is 505 g/mol. The monoisotopic (exact) mass is 505 g/mol. The van der Waals surface area contributed by atoms with Gasteiger partial charge in [-0.15, -0.1) is 5.92 Å². The predicted molar refractivity (Wildman–Crippen MR) is 99.6 cm³/mol. The number of phosphoric acid groups is 3. The molecule has 1 aliphatic rings. The standard InChI is InChI=1S/C12H18N3O13P3/c1-2-4-12(15-5-3-10(13)14-11(15)17)6-8(16)9(26-12)7-25-30(21,22)28-31(23,24)27-29(18,19)20/h3,5,8-9,16H,6-7H2,1H3,(H,21,22)(H,23,24)(H2,13,14,17)(H2,18,19,20)/t8-,9+,12+/m0/s1. The summed E-state index contributed by atoms with van der Waals surface area (Å²) in [7, 11) is -16.7. The highest BCUT2D eigenvalue weighted by atomic mass is 31.3. The van der Waals surface area contributed by atoms with Crippen molar-refractivity contribution in [2.75, 3.05) is 12.3 Å². The fraction of sp³-hybridized carbons (Fsp3) is 0.500. The lowest BCUT2D eigenvalue weighted by atomic mass is 10.1. The Morgan fingerprint density at radius 1 is 1.29 bits per heavy atom. The molecule has 0 bridgehead atoms. The van der Waals surface area contributed by atoms with Gasteiger partial charge in [-0.1, -0.05) is 0 Å². The number of aliphatic hydroxyl groups is 1. The Labute approximate surface area is 174 Å². The molecule has 5 atom stereocenters. The van der Waals surface area contributed by atoms with Crippen molar-refractivity contribution in [1.82, 2.24) is 9.55 Å². The van der Waals surface area contributed by atoms with Gasteiger partial charge in [0.2, 0.25) is 5.72 Å². The van der Waals surface area contributed by atoms with Crippen LogP contribution < -0.4 is 11.4 Å². The summed E-state index contributed by atoms with van der Waals surface area (Å²) in [4.78, 5) is 51.4. The van der Waals surface area contributed by atoms with E-state index in [1.54, 1.807) is 0 Å². The molecule has 1 aromatic heterocycles. The van der Waals surface area contributed by atoms with Crippen molar-refractivity contribution in [3.05, 3.63) is 22.7 Å². The van der Waals surface area contributed by atoms with Crippen LogP contribution in [0, 0.1) is 11.8 Å². The Balaban J connectivity index is 2.17.